The molecule has 0 saturated heterocycles. The van der Waals surface area contributed by atoms with E-state index in [1.807, 2.05) is 6.92 Å². The Hall–Kier alpha value is -2.38. The van der Waals surface area contributed by atoms with Crippen LogP contribution in [-0.4, -0.2) is 32.9 Å². The number of nitrogens with one attached hydrogen (secondary N) is 1. The SMILES string of the molecule is C/C(=N/NC(=O)COc1ccc(Cl)cc1C)c1ccc(S(C)(=O)=O)cc1. The number of halogens is 1. The van der Waals surface area contributed by atoms with E-state index >= 15 is 0 Å². The van der Waals surface area contributed by atoms with E-state index in [0.29, 0.717) is 22.0 Å². The van der Waals surface area contributed by atoms with E-state index in [1.165, 1.54) is 12.1 Å². The van der Waals surface area contributed by atoms with Crippen molar-refractivity contribution in [1.82, 2.24) is 5.43 Å². The number of carbonyl (C=O) groups is 1. The van der Waals surface area contributed by atoms with Gasteiger partial charge in [-0.1, -0.05) is 23.7 Å². The highest BCUT2D eigenvalue weighted by Crippen LogP contribution is 2.21. The molecule has 0 aliphatic heterocycles. The maximum Gasteiger partial charge on any atom is 0.277 e. The first kappa shape index (κ1) is 19.9. The lowest BCUT2D eigenvalue weighted by molar-refractivity contribution is -0.123. The number of hydrazone groups is 1. The molecule has 0 spiro atoms. The van der Waals surface area contributed by atoms with Gasteiger partial charge in [0.25, 0.3) is 5.91 Å². The molecule has 0 aromatic heterocycles. The fraction of sp³-hybridized carbons (Fsp3) is 0.222. The summed E-state index contributed by atoms with van der Waals surface area (Å²) in [5, 5.41) is 4.60. The molecule has 0 aliphatic carbocycles. The van der Waals surface area contributed by atoms with Crippen molar-refractivity contribution in [2.75, 3.05) is 12.9 Å². The van der Waals surface area contributed by atoms with Crippen molar-refractivity contribution in [2.24, 2.45) is 5.10 Å². The summed E-state index contributed by atoms with van der Waals surface area (Å²) in [6.45, 7) is 3.35. The van der Waals surface area contributed by atoms with Gasteiger partial charge in [0.1, 0.15) is 5.75 Å². The van der Waals surface area contributed by atoms with E-state index in [-0.39, 0.29) is 11.5 Å². The second kappa shape index (κ2) is 8.33. The third-order valence-electron chi connectivity index (χ3n) is 3.54. The lowest BCUT2D eigenvalue weighted by Crippen LogP contribution is -2.25. The van der Waals surface area contributed by atoms with Crippen molar-refractivity contribution < 1.29 is 17.9 Å². The maximum atomic E-state index is 11.9. The Balaban J connectivity index is 1.94. The van der Waals surface area contributed by atoms with E-state index in [4.69, 9.17) is 16.3 Å². The zero-order valence-corrected chi connectivity index (χ0v) is 16.2. The Labute approximate surface area is 157 Å². The monoisotopic (exact) mass is 394 g/mol. The van der Waals surface area contributed by atoms with Crippen molar-refractivity contribution in [3.05, 3.63) is 58.6 Å². The lowest BCUT2D eigenvalue weighted by atomic mass is 10.1. The number of nitrogens with zero attached hydrogens (tertiary/aromatic N) is 1. The number of hydrogen-bond donors (Lipinski definition) is 1. The average Bonchev–Trinajstić information content (AvgIpc) is 2.58. The van der Waals surface area contributed by atoms with Crippen LogP contribution in [-0.2, 0) is 14.6 Å². The first-order valence-electron chi connectivity index (χ1n) is 7.69. The van der Waals surface area contributed by atoms with Gasteiger partial charge in [-0.3, -0.25) is 4.79 Å². The van der Waals surface area contributed by atoms with Crippen LogP contribution in [0.4, 0.5) is 0 Å². The van der Waals surface area contributed by atoms with Gasteiger partial charge in [0.05, 0.1) is 10.6 Å². The second-order valence-electron chi connectivity index (χ2n) is 5.73. The quantitative estimate of drug-likeness (QED) is 0.603. The van der Waals surface area contributed by atoms with Gasteiger partial charge in [0, 0.05) is 11.3 Å². The number of sulfone groups is 1. The average molecular weight is 395 g/mol. The summed E-state index contributed by atoms with van der Waals surface area (Å²) in [7, 11) is -3.25. The van der Waals surface area contributed by atoms with Crippen LogP contribution in [0, 0.1) is 6.92 Å². The lowest BCUT2D eigenvalue weighted by Gasteiger charge is -2.08. The Morgan fingerprint density at radius 1 is 1.19 bits per heavy atom. The highest BCUT2D eigenvalue weighted by Gasteiger charge is 2.08. The van der Waals surface area contributed by atoms with Crippen LogP contribution in [0.5, 0.6) is 5.75 Å². The number of benzene rings is 2. The van der Waals surface area contributed by atoms with E-state index in [2.05, 4.69) is 10.5 Å². The summed E-state index contributed by atoms with van der Waals surface area (Å²) in [5.41, 5.74) is 4.48. The summed E-state index contributed by atoms with van der Waals surface area (Å²) in [4.78, 5) is 12.1. The summed E-state index contributed by atoms with van der Waals surface area (Å²) in [6.07, 6.45) is 1.14. The maximum absolute atomic E-state index is 11.9. The zero-order chi connectivity index (χ0) is 19.3. The predicted molar refractivity (Wildman–Crippen MR) is 102 cm³/mol. The smallest absolute Gasteiger partial charge is 0.277 e. The van der Waals surface area contributed by atoms with Gasteiger partial charge in [-0.05, 0) is 55.3 Å². The van der Waals surface area contributed by atoms with E-state index in [1.54, 1.807) is 37.3 Å². The largest absolute Gasteiger partial charge is 0.483 e. The number of aryl methyl sites for hydroxylation is 1. The third-order valence-corrected chi connectivity index (χ3v) is 4.91. The fourth-order valence-corrected chi connectivity index (χ4v) is 2.96. The van der Waals surface area contributed by atoms with Crippen molar-refractivity contribution in [1.29, 1.82) is 0 Å². The van der Waals surface area contributed by atoms with Crippen LogP contribution in [0.25, 0.3) is 0 Å². The van der Waals surface area contributed by atoms with E-state index in [0.717, 1.165) is 11.8 Å². The number of ether oxygens (including phenoxy) is 1. The summed E-state index contributed by atoms with van der Waals surface area (Å²) in [6, 6.07) is 11.4. The molecule has 2 rings (SSSR count). The molecule has 0 heterocycles. The molecule has 2 aromatic carbocycles. The predicted octanol–water partition coefficient (Wildman–Crippen LogP) is 2.97. The topological polar surface area (TPSA) is 84.8 Å². The van der Waals surface area contributed by atoms with Crippen LogP contribution in [0.2, 0.25) is 5.02 Å². The molecule has 0 aliphatic rings. The Kier molecular flexibility index (Phi) is 6.39. The van der Waals surface area contributed by atoms with Crippen LogP contribution in [0.1, 0.15) is 18.1 Å². The number of hydrogen-bond acceptors (Lipinski definition) is 5. The molecule has 0 fully saturated rings. The minimum atomic E-state index is -3.25. The minimum Gasteiger partial charge on any atom is -0.483 e. The third kappa shape index (κ3) is 5.57. The molecule has 8 heteroatoms. The van der Waals surface area contributed by atoms with E-state index in [9.17, 15) is 13.2 Å². The van der Waals surface area contributed by atoms with Gasteiger partial charge in [0.15, 0.2) is 16.4 Å². The molecule has 1 N–H and O–H groups in total. The van der Waals surface area contributed by atoms with Crippen LogP contribution >= 0.6 is 11.6 Å². The Morgan fingerprint density at radius 3 is 2.42 bits per heavy atom. The van der Waals surface area contributed by atoms with Crippen molar-refractivity contribution in [3.8, 4) is 5.75 Å². The van der Waals surface area contributed by atoms with Crippen LogP contribution < -0.4 is 10.2 Å². The molecule has 138 valence electrons. The standard InChI is InChI=1S/C18H19ClN2O4S/c1-12-10-15(19)6-9-17(12)25-11-18(22)21-20-13(2)14-4-7-16(8-5-14)26(3,23)24/h4-10H,11H2,1-3H3,(H,21,22)/b20-13-. The van der Waals surface area contributed by atoms with Gasteiger partial charge >= 0.3 is 0 Å². The molecular formula is C18H19ClN2O4S. The normalized spacial score (nSPS) is 11.9. The first-order valence-corrected chi connectivity index (χ1v) is 9.96. The Bertz CT molecular complexity index is 938. The fourth-order valence-electron chi connectivity index (χ4n) is 2.10. The highest BCUT2D eigenvalue weighted by molar-refractivity contribution is 7.90. The van der Waals surface area contributed by atoms with Crippen LogP contribution in [0.3, 0.4) is 0 Å². The highest BCUT2D eigenvalue weighted by atomic mass is 35.5. The molecule has 6 nitrogen and oxygen atoms in total. The zero-order valence-electron chi connectivity index (χ0n) is 14.6. The number of carbonyl (C=O) groups excluding carboxylic acids is 1. The van der Waals surface area contributed by atoms with Gasteiger partial charge in [-0.25, -0.2) is 13.8 Å². The number of rotatable bonds is 6. The summed E-state index contributed by atoms with van der Waals surface area (Å²) < 4.78 is 28.3. The molecule has 2 aromatic rings. The minimum absolute atomic E-state index is 0.188. The van der Waals surface area contributed by atoms with Crippen molar-refractivity contribution >= 4 is 33.1 Å². The molecule has 0 bridgehead atoms. The second-order valence-corrected chi connectivity index (χ2v) is 8.18. The molecule has 1 amide bonds. The number of amides is 1. The van der Waals surface area contributed by atoms with Gasteiger partial charge in [-0.15, -0.1) is 0 Å². The molecule has 0 unspecified atom stereocenters. The van der Waals surface area contributed by atoms with Gasteiger partial charge in [0.2, 0.25) is 0 Å². The first-order chi connectivity index (χ1) is 12.2. The Morgan fingerprint density at radius 2 is 1.85 bits per heavy atom. The summed E-state index contributed by atoms with van der Waals surface area (Å²) in [5.74, 6) is 0.160. The molecule has 0 atom stereocenters. The summed E-state index contributed by atoms with van der Waals surface area (Å²) >= 11 is 5.87. The molecule has 0 saturated carbocycles. The van der Waals surface area contributed by atoms with E-state index < -0.39 is 15.7 Å². The molecule has 0 radical (unpaired) electrons. The molecule has 26 heavy (non-hydrogen) atoms. The van der Waals surface area contributed by atoms with Crippen molar-refractivity contribution in [3.63, 3.8) is 0 Å². The van der Waals surface area contributed by atoms with Crippen molar-refractivity contribution in [2.45, 2.75) is 18.7 Å². The van der Waals surface area contributed by atoms with Gasteiger partial charge < -0.3 is 4.74 Å². The molecular weight excluding hydrogens is 376 g/mol. The van der Waals surface area contributed by atoms with Crippen LogP contribution in [0.15, 0.2) is 52.5 Å². The van der Waals surface area contributed by atoms with Gasteiger partial charge in [-0.2, -0.15) is 5.10 Å².